The molecule has 1 aliphatic heterocycles. The van der Waals surface area contributed by atoms with E-state index in [1.165, 1.54) is 11.1 Å². The van der Waals surface area contributed by atoms with E-state index in [0.717, 1.165) is 54.1 Å². The van der Waals surface area contributed by atoms with Crippen molar-refractivity contribution in [2.45, 2.75) is 39.3 Å². The van der Waals surface area contributed by atoms with Gasteiger partial charge in [0.2, 0.25) is 0 Å². The minimum absolute atomic E-state index is 0.0812. The van der Waals surface area contributed by atoms with Gasteiger partial charge in [-0.25, -0.2) is 4.98 Å². The molecule has 3 heterocycles. The van der Waals surface area contributed by atoms with Crippen molar-refractivity contribution in [1.82, 2.24) is 14.3 Å². The lowest BCUT2D eigenvalue weighted by Gasteiger charge is -2.17. The Hall–Kier alpha value is -3.72. The maximum atomic E-state index is 13.1. The molecule has 1 fully saturated rings. The molecule has 0 unspecified atom stereocenters. The van der Waals surface area contributed by atoms with E-state index in [0.29, 0.717) is 12.0 Å². The highest BCUT2D eigenvalue weighted by Gasteiger charge is 2.20. The van der Waals surface area contributed by atoms with Gasteiger partial charge in [0, 0.05) is 43.4 Å². The number of likely N-dealkylation sites (tertiary alicyclic amines) is 1. The second-order valence-corrected chi connectivity index (χ2v) is 9.39. The fourth-order valence-electron chi connectivity index (χ4n) is 4.62. The van der Waals surface area contributed by atoms with E-state index in [1.54, 1.807) is 6.20 Å². The number of β-amino-alcohol motifs (C(OH)–C–C–N with tert-alkyl or cyclic N) is 1. The highest BCUT2D eigenvalue weighted by atomic mass is 16.3. The molecular weight excluding hydrogens is 434 g/mol. The summed E-state index contributed by atoms with van der Waals surface area (Å²) in [5.41, 5.74) is 7.67. The van der Waals surface area contributed by atoms with Crippen molar-refractivity contribution in [2.75, 3.05) is 13.1 Å². The van der Waals surface area contributed by atoms with Gasteiger partial charge in [0.15, 0.2) is 5.78 Å². The van der Waals surface area contributed by atoms with E-state index in [1.807, 2.05) is 60.0 Å². The number of aliphatic hydroxyl groups excluding tert-OH is 1. The zero-order valence-corrected chi connectivity index (χ0v) is 20.2. The average molecular weight is 464 g/mol. The van der Waals surface area contributed by atoms with E-state index in [4.69, 9.17) is 0 Å². The van der Waals surface area contributed by atoms with Crippen LogP contribution in [0.15, 0.2) is 67.0 Å². The summed E-state index contributed by atoms with van der Waals surface area (Å²) in [6, 6.07) is 17.9. The molecule has 0 aliphatic carbocycles. The summed E-state index contributed by atoms with van der Waals surface area (Å²) < 4.78 is 1.95. The number of hydrogen-bond donors (Lipinski definition) is 1. The van der Waals surface area contributed by atoms with E-state index in [2.05, 4.69) is 40.8 Å². The van der Waals surface area contributed by atoms with Gasteiger partial charge in [-0.15, -0.1) is 0 Å². The monoisotopic (exact) mass is 463 g/mol. The van der Waals surface area contributed by atoms with Crippen molar-refractivity contribution in [2.24, 2.45) is 0 Å². The van der Waals surface area contributed by atoms with Crippen LogP contribution in [0.3, 0.4) is 0 Å². The first-order chi connectivity index (χ1) is 17.0. The van der Waals surface area contributed by atoms with Gasteiger partial charge in [-0.05, 0) is 66.6 Å². The number of imidazole rings is 1. The lowest BCUT2D eigenvalue weighted by molar-refractivity contribution is 0.0993. The Morgan fingerprint density at radius 1 is 1.09 bits per heavy atom. The van der Waals surface area contributed by atoms with Crippen molar-refractivity contribution < 1.29 is 9.90 Å². The van der Waals surface area contributed by atoms with E-state index < -0.39 is 0 Å². The third kappa shape index (κ3) is 5.19. The van der Waals surface area contributed by atoms with E-state index in [-0.39, 0.29) is 11.9 Å². The summed E-state index contributed by atoms with van der Waals surface area (Å²) >= 11 is 0. The van der Waals surface area contributed by atoms with Crippen LogP contribution in [0.4, 0.5) is 0 Å². The maximum absolute atomic E-state index is 13.1. The number of pyridine rings is 1. The molecule has 0 radical (unpaired) electrons. The van der Waals surface area contributed by atoms with Crippen LogP contribution in [0, 0.1) is 25.7 Å². The largest absolute Gasteiger partial charge is 0.392 e. The Balaban J connectivity index is 1.31. The predicted octanol–water partition coefficient (Wildman–Crippen LogP) is 4.34. The normalized spacial score (nSPS) is 15.8. The number of aryl methyl sites for hydroxylation is 2. The maximum Gasteiger partial charge on any atom is 0.167 e. The molecule has 1 aliphatic rings. The number of nitrogens with zero attached hydrogens (tertiary/aromatic N) is 3. The number of aromatic nitrogens is 2. The van der Waals surface area contributed by atoms with Crippen LogP contribution in [0.25, 0.3) is 5.65 Å². The molecular formula is C30H29N3O2. The molecule has 2 aromatic carbocycles. The fraction of sp³-hybridized carbons (Fsp3) is 0.267. The van der Waals surface area contributed by atoms with Crippen molar-refractivity contribution >= 4 is 11.4 Å². The number of carbonyl (C=O) groups is 1. The van der Waals surface area contributed by atoms with E-state index in [9.17, 15) is 9.90 Å². The molecule has 0 saturated carbocycles. The molecule has 1 atom stereocenters. The zero-order chi connectivity index (χ0) is 24.4. The summed E-state index contributed by atoms with van der Waals surface area (Å²) in [6.45, 7) is 6.60. The second kappa shape index (κ2) is 9.87. The lowest BCUT2D eigenvalue weighted by atomic mass is 9.97. The number of Topliss-reactive ketones (excluding diaryl/α,β-unsaturated/α-hetero) is 1. The van der Waals surface area contributed by atoms with Gasteiger partial charge >= 0.3 is 0 Å². The Kier molecular flexibility index (Phi) is 6.50. The molecule has 1 saturated heterocycles. The van der Waals surface area contributed by atoms with E-state index >= 15 is 0 Å². The van der Waals surface area contributed by atoms with Gasteiger partial charge in [-0.1, -0.05) is 42.3 Å². The Bertz CT molecular complexity index is 1460. The van der Waals surface area contributed by atoms with Crippen LogP contribution < -0.4 is 0 Å². The van der Waals surface area contributed by atoms with Crippen LogP contribution in [-0.2, 0) is 13.0 Å². The summed E-state index contributed by atoms with van der Waals surface area (Å²) in [5.74, 6) is 6.52. The molecule has 0 bridgehead atoms. The SMILES string of the molecule is Cc1ccc(C(=O)Cc2ccc(CN3CC[C@@H](O)C3)c(C)c2)cc1C#Cc1cnc2ccccn12. The van der Waals surface area contributed by atoms with Crippen LogP contribution in [0.5, 0.6) is 0 Å². The van der Waals surface area contributed by atoms with Crippen molar-refractivity contribution in [1.29, 1.82) is 0 Å². The molecule has 5 heteroatoms. The van der Waals surface area contributed by atoms with Gasteiger partial charge in [-0.3, -0.25) is 14.1 Å². The van der Waals surface area contributed by atoms with Crippen LogP contribution >= 0.6 is 0 Å². The van der Waals surface area contributed by atoms with Crippen LogP contribution in [-0.4, -0.2) is 44.4 Å². The second-order valence-electron chi connectivity index (χ2n) is 9.39. The molecule has 5 nitrogen and oxygen atoms in total. The van der Waals surface area contributed by atoms with Gasteiger partial charge in [0.05, 0.1) is 12.3 Å². The first-order valence-electron chi connectivity index (χ1n) is 12.0. The smallest absolute Gasteiger partial charge is 0.167 e. The molecule has 35 heavy (non-hydrogen) atoms. The lowest BCUT2D eigenvalue weighted by Crippen LogP contribution is -2.22. The molecule has 5 rings (SSSR count). The molecule has 1 N–H and O–H groups in total. The Labute approximate surface area is 206 Å². The van der Waals surface area contributed by atoms with Gasteiger partial charge < -0.3 is 5.11 Å². The first kappa shape index (κ1) is 23.0. The molecule has 0 spiro atoms. The quantitative estimate of drug-likeness (QED) is 0.353. The Morgan fingerprint density at radius 3 is 2.77 bits per heavy atom. The molecule has 4 aromatic rings. The number of aliphatic hydroxyl groups is 1. The summed E-state index contributed by atoms with van der Waals surface area (Å²) in [5, 5.41) is 9.77. The van der Waals surface area contributed by atoms with Gasteiger partial charge in [0.1, 0.15) is 11.3 Å². The summed E-state index contributed by atoms with van der Waals surface area (Å²) in [7, 11) is 0. The number of benzene rings is 2. The summed E-state index contributed by atoms with van der Waals surface area (Å²) in [6.07, 6.45) is 4.70. The standard InChI is InChI=1S/C30H29N3O2/c1-21-6-8-25(17-24(21)10-11-27-18-31-30-5-3-4-13-33(27)30)29(35)16-23-7-9-26(22(2)15-23)19-32-14-12-28(34)20-32/h3-9,13,15,17-18,28,34H,12,14,16,19-20H2,1-2H3/t28-/m1/s1. The molecule has 2 aromatic heterocycles. The van der Waals surface area contributed by atoms with Gasteiger partial charge in [0.25, 0.3) is 0 Å². The number of ketones is 1. The first-order valence-corrected chi connectivity index (χ1v) is 12.0. The van der Waals surface area contributed by atoms with Crippen LogP contribution in [0.1, 0.15) is 50.3 Å². The van der Waals surface area contributed by atoms with Crippen molar-refractivity contribution in [3.63, 3.8) is 0 Å². The third-order valence-electron chi connectivity index (χ3n) is 6.71. The van der Waals surface area contributed by atoms with Crippen LogP contribution in [0.2, 0.25) is 0 Å². The highest BCUT2D eigenvalue weighted by molar-refractivity contribution is 5.98. The number of rotatable bonds is 5. The zero-order valence-electron chi connectivity index (χ0n) is 20.2. The predicted molar refractivity (Wildman–Crippen MR) is 137 cm³/mol. The topological polar surface area (TPSA) is 57.8 Å². The van der Waals surface area contributed by atoms with Crippen molar-refractivity contribution in [3.05, 3.63) is 106 Å². The summed E-state index contributed by atoms with van der Waals surface area (Å²) in [4.78, 5) is 19.8. The minimum Gasteiger partial charge on any atom is -0.392 e. The number of carbonyl (C=O) groups excluding carboxylic acids is 1. The van der Waals surface area contributed by atoms with Crippen molar-refractivity contribution in [3.8, 4) is 11.8 Å². The minimum atomic E-state index is -0.212. The highest BCUT2D eigenvalue weighted by Crippen LogP contribution is 2.19. The third-order valence-corrected chi connectivity index (χ3v) is 6.71. The number of hydrogen-bond acceptors (Lipinski definition) is 4. The molecule has 176 valence electrons. The van der Waals surface area contributed by atoms with Gasteiger partial charge in [-0.2, -0.15) is 0 Å². The average Bonchev–Trinajstić information content (AvgIpc) is 3.46. The molecule has 0 amide bonds. The Morgan fingerprint density at radius 2 is 1.97 bits per heavy atom. The fourth-order valence-corrected chi connectivity index (χ4v) is 4.62. The number of fused-ring (bicyclic) bond motifs is 1.